The maximum Gasteiger partial charge on any atom is 0.405 e. The molecule has 0 saturated heterocycles. The number of aromatic amines is 1. The fourth-order valence-corrected chi connectivity index (χ4v) is 2.15. The van der Waals surface area contributed by atoms with Crippen molar-refractivity contribution in [2.45, 2.75) is 26.3 Å². The maximum absolute atomic E-state index is 12.0. The van der Waals surface area contributed by atoms with Crippen LogP contribution in [0.4, 0.5) is 5.69 Å². The Hall–Kier alpha value is -1.75. The second kappa shape index (κ2) is 7.88. The van der Waals surface area contributed by atoms with Crippen molar-refractivity contribution in [1.82, 2.24) is 5.32 Å². The van der Waals surface area contributed by atoms with E-state index < -0.39 is 24.0 Å². The van der Waals surface area contributed by atoms with Gasteiger partial charge in [-0.3, -0.25) is 4.79 Å². The third-order valence-corrected chi connectivity index (χ3v) is 4.61. The van der Waals surface area contributed by atoms with Crippen LogP contribution < -0.4 is 16.0 Å². The van der Waals surface area contributed by atoms with E-state index in [0.717, 1.165) is 0 Å². The molecule has 4 N–H and O–H groups in total. The van der Waals surface area contributed by atoms with E-state index in [1.165, 1.54) is 0 Å². The molecule has 0 fully saturated rings. The molecule has 0 radical (unpaired) electrons. The van der Waals surface area contributed by atoms with Gasteiger partial charge >= 0.3 is 11.7 Å². The molecule has 0 unspecified atom stereocenters. The molecule has 7 nitrogen and oxygen atoms in total. The monoisotopic (exact) mass is 393 g/mol. The molecule has 0 saturated carbocycles. The van der Waals surface area contributed by atoms with Crippen molar-refractivity contribution in [3.8, 4) is 6.07 Å². The standard InChI is InChI=1S/C14H15Cl3N4O3/c1-6(2)14(3,5-18)21-7(22)4-24-13(23)11-8(15)10(19)9(16)12(17)20-11/h6H,4H2,1-3H3,(H2,19,20)(H,21,22)/p+1/t14-/m1/s1. The summed E-state index contributed by atoms with van der Waals surface area (Å²) >= 11 is 17.5. The number of nitrogens with one attached hydrogen (secondary N) is 2. The minimum Gasteiger partial charge on any atom is -0.448 e. The number of amides is 1. The topological polar surface area (TPSA) is 119 Å². The molecule has 0 aliphatic rings. The summed E-state index contributed by atoms with van der Waals surface area (Å²) in [6, 6.07) is 2.01. The third kappa shape index (κ3) is 4.41. The number of rotatable bonds is 5. The van der Waals surface area contributed by atoms with Gasteiger partial charge in [-0.25, -0.2) is 4.79 Å². The number of ether oxygens (including phenoxy) is 1. The summed E-state index contributed by atoms with van der Waals surface area (Å²) in [6.45, 7) is 4.53. The van der Waals surface area contributed by atoms with Crippen molar-refractivity contribution in [3.05, 3.63) is 20.9 Å². The van der Waals surface area contributed by atoms with Gasteiger partial charge in [0.05, 0.1) is 11.8 Å². The number of pyridine rings is 1. The summed E-state index contributed by atoms with van der Waals surface area (Å²) in [4.78, 5) is 26.3. The van der Waals surface area contributed by atoms with E-state index in [9.17, 15) is 9.59 Å². The zero-order chi connectivity index (χ0) is 18.7. The number of anilines is 1. The van der Waals surface area contributed by atoms with E-state index in [-0.39, 0.29) is 32.5 Å². The van der Waals surface area contributed by atoms with Crippen LogP contribution in [-0.4, -0.2) is 24.0 Å². The van der Waals surface area contributed by atoms with Crippen molar-refractivity contribution >= 4 is 52.4 Å². The molecule has 1 rings (SSSR count). The highest BCUT2D eigenvalue weighted by molar-refractivity contribution is 6.45. The van der Waals surface area contributed by atoms with Gasteiger partial charge in [0.15, 0.2) is 6.61 Å². The first-order chi connectivity index (χ1) is 11.0. The number of carbonyl (C=O) groups is 2. The lowest BCUT2D eigenvalue weighted by atomic mass is 9.90. The van der Waals surface area contributed by atoms with Crippen LogP contribution in [0, 0.1) is 17.2 Å². The molecule has 0 bridgehead atoms. The van der Waals surface area contributed by atoms with Crippen molar-refractivity contribution in [2.75, 3.05) is 12.3 Å². The van der Waals surface area contributed by atoms with Gasteiger partial charge in [-0.1, -0.05) is 37.0 Å². The summed E-state index contributed by atoms with van der Waals surface area (Å²) < 4.78 is 4.86. The predicted octanol–water partition coefficient (Wildman–Crippen LogP) is 2.25. The number of aromatic nitrogens is 1. The summed E-state index contributed by atoms with van der Waals surface area (Å²) in [5, 5.41) is 11.4. The van der Waals surface area contributed by atoms with Crippen LogP contribution in [-0.2, 0) is 9.53 Å². The van der Waals surface area contributed by atoms with Crippen molar-refractivity contribution in [1.29, 1.82) is 5.26 Å². The number of carbonyl (C=O) groups excluding carboxylic acids is 2. The highest BCUT2D eigenvalue weighted by Gasteiger charge is 2.31. The SMILES string of the molecule is CC(C)[C@@](C)(C#N)NC(=O)COC(=O)c1[nH+]c(Cl)c(Cl)c(N)c1Cl. The van der Waals surface area contributed by atoms with Gasteiger partial charge in [0.2, 0.25) is 0 Å². The largest absolute Gasteiger partial charge is 0.448 e. The number of nitrogen functional groups attached to an aromatic ring is 1. The Morgan fingerprint density at radius 3 is 2.46 bits per heavy atom. The van der Waals surface area contributed by atoms with Crippen molar-refractivity contribution < 1.29 is 19.3 Å². The molecule has 0 aliphatic heterocycles. The van der Waals surface area contributed by atoms with Crippen molar-refractivity contribution in [2.24, 2.45) is 5.92 Å². The zero-order valence-corrected chi connectivity index (χ0v) is 15.4. The Labute approximate surface area is 154 Å². The van der Waals surface area contributed by atoms with Crippen LogP contribution in [0.25, 0.3) is 0 Å². The lowest BCUT2D eigenvalue weighted by Crippen LogP contribution is -2.50. The minimum atomic E-state index is -1.08. The molecule has 24 heavy (non-hydrogen) atoms. The Morgan fingerprint density at radius 1 is 1.38 bits per heavy atom. The number of esters is 1. The van der Waals surface area contributed by atoms with Crippen LogP contribution in [0.2, 0.25) is 15.2 Å². The Balaban J connectivity index is 2.81. The number of halogens is 3. The molecule has 0 aliphatic carbocycles. The lowest BCUT2D eigenvalue weighted by molar-refractivity contribution is -0.380. The van der Waals surface area contributed by atoms with Gasteiger partial charge in [0.1, 0.15) is 15.6 Å². The molecule has 1 atom stereocenters. The summed E-state index contributed by atoms with van der Waals surface area (Å²) in [7, 11) is 0. The van der Waals surface area contributed by atoms with Crippen LogP contribution in [0.15, 0.2) is 0 Å². The predicted molar refractivity (Wildman–Crippen MR) is 89.7 cm³/mol. The molecule has 0 aromatic carbocycles. The van der Waals surface area contributed by atoms with Crippen molar-refractivity contribution in [3.63, 3.8) is 0 Å². The molecule has 1 amide bonds. The van der Waals surface area contributed by atoms with Gasteiger partial charge < -0.3 is 15.8 Å². The van der Waals surface area contributed by atoms with E-state index in [1.807, 2.05) is 6.07 Å². The van der Waals surface area contributed by atoms with Crippen LogP contribution in [0.5, 0.6) is 0 Å². The van der Waals surface area contributed by atoms with E-state index in [0.29, 0.717) is 0 Å². The van der Waals surface area contributed by atoms with Gasteiger partial charge in [0.25, 0.3) is 11.1 Å². The molecule has 0 spiro atoms. The van der Waals surface area contributed by atoms with Gasteiger partial charge in [-0.05, 0) is 24.4 Å². The number of nitrogens with two attached hydrogens (primary N) is 1. The quantitative estimate of drug-likeness (QED) is 0.586. The number of hydrogen-bond acceptors (Lipinski definition) is 5. The summed E-state index contributed by atoms with van der Waals surface area (Å²) in [5.74, 6) is -1.71. The molecule has 130 valence electrons. The molecule has 1 aromatic heterocycles. The Morgan fingerprint density at radius 2 is 1.96 bits per heavy atom. The van der Waals surface area contributed by atoms with E-state index in [4.69, 9.17) is 50.5 Å². The first-order valence-corrected chi connectivity index (χ1v) is 7.91. The second-order valence-electron chi connectivity index (χ2n) is 5.45. The lowest BCUT2D eigenvalue weighted by Gasteiger charge is -2.27. The zero-order valence-electron chi connectivity index (χ0n) is 13.2. The highest BCUT2D eigenvalue weighted by atomic mass is 35.5. The third-order valence-electron chi connectivity index (χ3n) is 3.44. The van der Waals surface area contributed by atoms with Crippen LogP contribution >= 0.6 is 34.8 Å². The number of nitrogens with zero attached hydrogens (tertiary/aromatic N) is 1. The number of hydrogen-bond donors (Lipinski definition) is 2. The number of nitriles is 1. The Bertz CT molecular complexity index is 718. The van der Waals surface area contributed by atoms with Crippen LogP contribution in [0.1, 0.15) is 31.3 Å². The molecule has 10 heteroatoms. The smallest absolute Gasteiger partial charge is 0.405 e. The first kappa shape index (κ1) is 20.3. The summed E-state index contributed by atoms with van der Waals surface area (Å²) in [5.41, 5.74) is 4.22. The number of H-pyrrole nitrogens is 1. The average Bonchev–Trinajstić information content (AvgIpc) is 2.53. The molecule has 1 aromatic rings. The molecular weight excluding hydrogens is 379 g/mol. The van der Waals surface area contributed by atoms with Gasteiger partial charge in [-0.15, -0.1) is 0 Å². The summed E-state index contributed by atoms with van der Waals surface area (Å²) in [6.07, 6.45) is 0. The highest BCUT2D eigenvalue weighted by Crippen LogP contribution is 2.32. The van der Waals surface area contributed by atoms with Gasteiger partial charge in [0, 0.05) is 0 Å². The van der Waals surface area contributed by atoms with Crippen LogP contribution in [0.3, 0.4) is 0 Å². The molecule has 1 heterocycles. The van der Waals surface area contributed by atoms with E-state index in [1.54, 1.807) is 20.8 Å². The molecular formula is C14H16Cl3N4O3+. The fourth-order valence-electron chi connectivity index (χ4n) is 1.54. The average molecular weight is 395 g/mol. The first-order valence-electron chi connectivity index (χ1n) is 6.78. The van der Waals surface area contributed by atoms with E-state index in [2.05, 4.69) is 10.3 Å². The maximum atomic E-state index is 12.0. The van der Waals surface area contributed by atoms with E-state index >= 15 is 0 Å². The normalized spacial score (nSPS) is 13.1. The van der Waals surface area contributed by atoms with Gasteiger partial charge in [-0.2, -0.15) is 10.2 Å². The minimum absolute atomic E-state index is 0.0299. The fraction of sp³-hybridized carbons (Fsp3) is 0.429. The second-order valence-corrected chi connectivity index (χ2v) is 6.58. The Kier molecular flexibility index (Phi) is 6.67.